The summed E-state index contributed by atoms with van der Waals surface area (Å²) in [6, 6.07) is 2.54. The van der Waals surface area contributed by atoms with Gasteiger partial charge in [0.1, 0.15) is 0 Å². The van der Waals surface area contributed by atoms with Gasteiger partial charge in [-0.1, -0.05) is 25.7 Å². The van der Waals surface area contributed by atoms with Crippen LogP contribution >= 0.6 is 0 Å². The van der Waals surface area contributed by atoms with Crippen molar-refractivity contribution in [3.05, 3.63) is 0 Å². The molecule has 0 aromatic heterocycles. The second-order valence-corrected chi connectivity index (χ2v) is 21.1. The van der Waals surface area contributed by atoms with Crippen LogP contribution in [0.4, 0.5) is 0 Å². The van der Waals surface area contributed by atoms with Crippen molar-refractivity contribution in [2.75, 3.05) is 7.11 Å². The van der Waals surface area contributed by atoms with E-state index in [1.54, 1.807) is 7.11 Å². The molecule has 0 radical (unpaired) electrons. The van der Waals surface area contributed by atoms with Crippen molar-refractivity contribution in [1.82, 2.24) is 14.7 Å². The highest BCUT2D eigenvalue weighted by atomic mass is 28.4. The molecule has 11 heteroatoms. The van der Waals surface area contributed by atoms with Crippen LogP contribution in [0.3, 0.4) is 0 Å². The van der Waals surface area contributed by atoms with E-state index < -0.39 is 24.9 Å². The Kier molecular flexibility index (Phi) is 11.9. The van der Waals surface area contributed by atoms with Crippen molar-refractivity contribution in [2.45, 2.75) is 161 Å². The predicted molar refractivity (Wildman–Crippen MR) is 179 cm³/mol. The van der Waals surface area contributed by atoms with Gasteiger partial charge in [0.05, 0.1) is 0 Å². The number of hydrogen-bond donors (Lipinski definition) is 0. The topological polar surface area (TPSA) is 121 Å². The number of hydrogen-bond acceptors (Lipinski definition) is 7. The molecule has 10 nitrogen and oxygen atoms in total. The van der Waals surface area contributed by atoms with Crippen LogP contribution in [0.5, 0.6) is 0 Å². The summed E-state index contributed by atoms with van der Waals surface area (Å²) in [6.45, 7) is 16.9. The molecule has 0 aliphatic carbocycles. The Bertz CT molecular complexity index is 1140. The number of amides is 6. The fourth-order valence-corrected chi connectivity index (χ4v) is 11.7. The molecule has 0 bridgehead atoms. The van der Waals surface area contributed by atoms with Gasteiger partial charge < -0.3 is 4.43 Å². The van der Waals surface area contributed by atoms with Crippen LogP contribution < -0.4 is 0 Å². The van der Waals surface area contributed by atoms with Crippen molar-refractivity contribution < 1.29 is 33.2 Å². The molecule has 3 heterocycles. The van der Waals surface area contributed by atoms with Gasteiger partial charge in [0.25, 0.3) is 0 Å². The summed E-state index contributed by atoms with van der Waals surface area (Å²) in [7, 11) is -0.564. The smallest absolute Gasteiger partial charge is 0.233 e. The first-order chi connectivity index (χ1) is 21.1. The second kappa shape index (κ2) is 14.4. The van der Waals surface area contributed by atoms with Gasteiger partial charge in [-0.2, -0.15) is 0 Å². The Morgan fingerprint density at radius 1 is 0.522 bits per heavy atom. The summed E-state index contributed by atoms with van der Waals surface area (Å²) in [4.78, 5) is 81.3. The summed E-state index contributed by atoms with van der Waals surface area (Å²) in [5, 5.41) is 0. The molecule has 3 fully saturated rings. The SMILES string of the molecule is CO[Si](CCCCC1CC(=O)N(C(C)(C)C)C1=O)(CCCC1CC(=O)N(C(C)(C)C)C1=O)CCCC1CC(=O)N(C(C)(C)C)C1=O. The molecule has 3 saturated heterocycles. The molecule has 0 aromatic carbocycles. The van der Waals surface area contributed by atoms with Crippen molar-refractivity contribution in [3.8, 4) is 0 Å². The Hall–Kier alpha value is -2.40. The molecule has 3 aliphatic rings. The third-order valence-corrected chi connectivity index (χ3v) is 14.6. The quantitative estimate of drug-likeness (QED) is 0.130. The molecule has 3 atom stereocenters. The van der Waals surface area contributed by atoms with Gasteiger partial charge in [0.2, 0.25) is 35.4 Å². The maximum atomic E-state index is 13.1. The molecule has 3 unspecified atom stereocenters. The summed E-state index contributed by atoms with van der Waals surface area (Å²) >= 11 is 0. The molecule has 260 valence electrons. The summed E-state index contributed by atoms with van der Waals surface area (Å²) in [5.74, 6) is -1.46. The zero-order chi connectivity index (χ0) is 34.8. The van der Waals surface area contributed by atoms with Gasteiger partial charge in [-0.05, 0) is 99.7 Å². The van der Waals surface area contributed by atoms with Crippen molar-refractivity contribution in [1.29, 1.82) is 0 Å². The lowest BCUT2D eigenvalue weighted by molar-refractivity contribution is -0.146. The predicted octanol–water partition coefficient (Wildman–Crippen LogP) is 5.83. The average Bonchev–Trinajstić information content (AvgIpc) is 3.48. The normalized spacial score (nSPS) is 24.7. The molecule has 0 spiro atoms. The lowest BCUT2D eigenvalue weighted by atomic mass is 10.0. The number of rotatable bonds is 14. The Morgan fingerprint density at radius 2 is 0.804 bits per heavy atom. The minimum atomic E-state index is -2.33. The molecule has 0 N–H and O–H groups in total. The highest BCUT2D eigenvalue weighted by molar-refractivity contribution is 6.73. The van der Waals surface area contributed by atoms with E-state index in [9.17, 15) is 28.8 Å². The number of imide groups is 3. The Morgan fingerprint density at radius 3 is 1.07 bits per heavy atom. The second-order valence-electron chi connectivity index (χ2n) is 16.8. The highest BCUT2D eigenvalue weighted by Crippen LogP contribution is 2.37. The molecule has 3 aliphatic heterocycles. The Balaban J connectivity index is 1.64. The molecule has 3 rings (SSSR count). The van der Waals surface area contributed by atoms with Crippen LogP contribution in [0.25, 0.3) is 0 Å². The summed E-state index contributed by atoms with van der Waals surface area (Å²) in [5.41, 5.74) is -1.60. The van der Waals surface area contributed by atoms with E-state index in [2.05, 4.69) is 0 Å². The maximum absolute atomic E-state index is 13.1. The van der Waals surface area contributed by atoms with E-state index >= 15 is 0 Å². The minimum absolute atomic E-state index is 0.0760. The third kappa shape index (κ3) is 8.73. The van der Waals surface area contributed by atoms with E-state index in [-0.39, 0.29) is 72.5 Å². The van der Waals surface area contributed by atoms with Gasteiger partial charge in [0.15, 0.2) is 8.32 Å². The van der Waals surface area contributed by atoms with Crippen molar-refractivity contribution in [3.63, 3.8) is 0 Å². The minimum Gasteiger partial charge on any atom is -0.420 e. The maximum Gasteiger partial charge on any atom is 0.233 e. The molecule has 6 amide bonds. The Labute approximate surface area is 277 Å². The zero-order valence-electron chi connectivity index (χ0n) is 30.1. The molecule has 46 heavy (non-hydrogen) atoms. The van der Waals surface area contributed by atoms with Crippen LogP contribution in [0.1, 0.15) is 127 Å². The van der Waals surface area contributed by atoms with E-state index in [1.807, 2.05) is 62.3 Å². The summed E-state index contributed by atoms with van der Waals surface area (Å²) in [6.07, 6.45) is 5.92. The number of carbonyl (C=O) groups excluding carboxylic acids is 6. The number of nitrogens with zero attached hydrogens (tertiary/aromatic N) is 3. The van der Waals surface area contributed by atoms with Gasteiger partial charge >= 0.3 is 0 Å². The lowest BCUT2D eigenvalue weighted by Gasteiger charge is -2.32. The van der Waals surface area contributed by atoms with Crippen molar-refractivity contribution in [2.24, 2.45) is 17.8 Å². The van der Waals surface area contributed by atoms with Crippen LogP contribution in [-0.4, -0.2) is 82.2 Å². The first-order valence-electron chi connectivity index (χ1n) is 17.3. The van der Waals surface area contributed by atoms with E-state index in [4.69, 9.17) is 4.43 Å². The molecule has 0 aromatic rings. The van der Waals surface area contributed by atoms with E-state index in [0.717, 1.165) is 43.8 Å². The van der Waals surface area contributed by atoms with Crippen LogP contribution in [0, 0.1) is 17.8 Å². The highest BCUT2D eigenvalue weighted by Gasteiger charge is 2.46. The fraction of sp³-hybridized carbons (Fsp3) is 0.829. The van der Waals surface area contributed by atoms with Gasteiger partial charge in [0, 0.05) is 60.7 Å². The zero-order valence-corrected chi connectivity index (χ0v) is 31.1. The van der Waals surface area contributed by atoms with Crippen LogP contribution in [0.2, 0.25) is 18.1 Å². The largest absolute Gasteiger partial charge is 0.420 e. The van der Waals surface area contributed by atoms with E-state index in [0.29, 0.717) is 19.3 Å². The van der Waals surface area contributed by atoms with Gasteiger partial charge in [-0.3, -0.25) is 43.5 Å². The molecule has 0 saturated carbocycles. The first kappa shape index (κ1) is 38.0. The fourth-order valence-electron chi connectivity index (χ4n) is 7.74. The first-order valence-corrected chi connectivity index (χ1v) is 19.8. The van der Waals surface area contributed by atoms with Gasteiger partial charge in [-0.25, -0.2) is 0 Å². The van der Waals surface area contributed by atoms with Crippen LogP contribution in [-0.2, 0) is 33.2 Å². The van der Waals surface area contributed by atoms with Gasteiger partial charge in [-0.15, -0.1) is 0 Å². The number of carbonyl (C=O) groups is 6. The van der Waals surface area contributed by atoms with E-state index in [1.165, 1.54) is 14.7 Å². The number of unbranched alkanes of at least 4 members (excludes halogenated alkanes) is 1. The summed E-state index contributed by atoms with van der Waals surface area (Å²) < 4.78 is 6.37. The third-order valence-electron chi connectivity index (χ3n) is 9.97. The monoisotopic (exact) mass is 661 g/mol. The lowest BCUT2D eigenvalue weighted by Crippen LogP contribution is -2.45. The molecular formula is C35H59N3O7Si. The standard InChI is InChI=1S/C35H59N3O7Si/c1-33(2,3)36-27(39)21-24(30(36)42)15-11-12-18-46(45-10,19-13-16-25-22-28(40)37(31(25)43)34(4,5)6)20-14-17-26-23-29(41)38(32(26)44)35(7,8)9/h24-26H,11-23H2,1-10H3. The van der Waals surface area contributed by atoms with Crippen LogP contribution in [0.15, 0.2) is 0 Å². The number of likely N-dealkylation sites (tertiary alicyclic amines) is 3. The average molecular weight is 662 g/mol. The molecular weight excluding hydrogens is 602 g/mol. The van der Waals surface area contributed by atoms with Crippen molar-refractivity contribution >= 4 is 43.8 Å².